The summed E-state index contributed by atoms with van der Waals surface area (Å²) in [6, 6.07) is 14.6. The molecule has 116 valence electrons. The van der Waals surface area contributed by atoms with Crippen LogP contribution in [0, 0.1) is 6.92 Å². The number of nitrogens with two attached hydrogens (primary N) is 1. The fraction of sp³-hybridized carbons (Fsp3) is 0.111. The summed E-state index contributed by atoms with van der Waals surface area (Å²) in [5.74, 6) is -0.288. The molecule has 0 aromatic heterocycles. The molecule has 1 heterocycles. The lowest BCUT2D eigenvalue weighted by atomic mass is 10.1. The molecule has 2 N–H and O–H groups in total. The lowest BCUT2D eigenvalue weighted by molar-refractivity contribution is -0.113. The number of hydrogen-bond donors (Lipinski definition) is 1. The molecule has 0 aliphatic carbocycles. The maximum absolute atomic E-state index is 12.7. The van der Waals surface area contributed by atoms with E-state index in [0.717, 1.165) is 28.5 Å². The van der Waals surface area contributed by atoms with E-state index in [1.54, 1.807) is 24.3 Å². The number of hydrogen-bond acceptors (Lipinski definition) is 4. The highest BCUT2D eigenvalue weighted by Gasteiger charge is 2.37. The van der Waals surface area contributed by atoms with Gasteiger partial charge in [0.25, 0.3) is 11.1 Å². The van der Waals surface area contributed by atoms with Crippen molar-refractivity contribution in [2.24, 2.45) is 0 Å². The third-order valence-electron chi connectivity index (χ3n) is 3.72. The largest absolute Gasteiger partial charge is 0.399 e. The molecule has 4 nitrogen and oxygen atoms in total. The minimum atomic E-state index is -0.288. The summed E-state index contributed by atoms with van der Waals surface area (Å²) in [5.41, 5.74) is 9.70. The predicted octanol–water partition coefficient (Wildman–Crippen LogP) is 4.21. The number of carbonyl (C=O) groups excluding carboxylic acids is 2. The van der Waals surface area contributed by atoms with Crippen molar-refractivity contribution in [2.75, 3.05) is 10.6 Å². The number of carbonyl (C=O) groups is 2. The van der Waals surface area contributed by atoms with Gasteiger partial charge < -0.3 is 5.73 Å². The van der Waals surface area contributed by atoms with Crippen molar-refractivity contribution in [3.63, 3.8) is 0 Å². The molecule has 2 amide bonds. The molecular formula is C18H16N2O2S. The molecule has 1 aliphatic rings. The summed E-state index contributed by atoms with van der Waals surface area (Å²) < 4.78 is 0. The van der Waals surface area contributed by atoms with Crippen molar-refractivity contribution >= 4 is 39.9 Å². The molecular weight excluding hydrogens is 308 g/mol. The predicted molar refractivity (Wildman–Crippen MR) is 95.1 cm³/mol. The van der Waals surface area contributed by atoms with Gasteiger partial charge in [-0.25, -0.2) is 4.90 Å². The zero-order valence-electron chi connectivity index (χ0n) is 12.9. The third-order valence-corrected chi connectivity index (χ3v) is 4.76. The first-order valence-electron chi connectivity index (χ1n) is 7.17. The molecule has 1 fully saturated rings. The van der Waals surface area contributed by atoms with Gasteiger partial charge in [-0.05, 0) is 61.0 Å². The Morgan fingerprint density at radius 3 is 2.43 bits per heavy atom. The quantitative estimate of drug-likeness (QED) is 0.664. The summed E-state index contributed by atoms with van der Waals surface area (Å²) in [6.07, 6.45) is 0. The normalized spacial score (nSPS) is 16.9. The van der Waals surface area contributed by atoms with E-state index in [2.05, 4.69) is 0 Å². The molecule has 0 atom stereocenters. The Hall–Kier alpha value is -2.53. The second kappa shape index (κ2) is 5.93. The standard InChI is InChI=1S/C18H16N2O2S/c1-11-6-8-15(9-7-11)20-17(21)16(23-18(20)22)12(2)13-4-3-5-14(19)10-13/h3-10H,19H2,1-2H3/b16-12-. The van der Waals surface area contributed by atoms with Crippen molar-refractivity contribution in [3.8, 4) is 0 Å². The summed E-state index contributed by atoms with van der Waals surface area (Å²) in [6.45, 7) is 3.79. The first-order valence-corrected chi connectivity index (χ1v) is 7.99. The molecule has 1 aliphatic heterocycles. The average Bonchev–Trinajstić information content (AvgIpc) is 2.82. The van der Waals surface area contributed by atoms with Gasteiger partial charge >= 0.3 is 0 Å². The second-order valence-corrected chi connectivity index (χ2v) is 6.39. The zero-order valence-corrected chi connectivity index (χ0v) is 13.7. The van der Waals surface area contributed by atoms with E-state index in [4.69, 9.17) is 5.73 Å². The minimum absolute atomic E-state index is 0.280. The van der Waals surface area contributed by atoms with E-state index >= 15 is 0 Å². The molecule has 0 bridgehead atoms. The van der Waals surface area contributed by atoms with Crippen molar-refractivity contribution in [1.82, 2.24) is 0 Å². The Balaban J connectivity index is 2.00. The Morgan fingerprint density at radius 2 is 1.78 bits per heavy atom. The average molecular weight is 324 g/mol. The zero-order chi connectivity index (χ0) is 16.6. The van der Waals surface area contributed by atoms with Gasteiger partial charge in [0.2, 0.25) is 0 Å². The Morgan fingerprint density at radius 1 is 1.09 bits per heavy atom. The van der Waals surface area contributed by atoms with Crippen molar-refractivity contribution in [1.29, 1.82) is 0 Å². The molecule has 0 radical (unpaired) electrons. The number of allylic oxidation sites excluding steroid dienone is 1. The summed E-state index contributed by atoms with van der Waals surface area (Å²) in [4.78, 5) is 26.7. The van der Waals surface area contributed by atoms with Crippen LogP contribution in [0.2, 0.25) is 0 Å². The van der Waals surface area contributed by atoms with Crippen molar-refractivity contribution < 1.29 is 9.59 Å². The highest BCUT2D eigenvalue weighted by Crippen LogP contribution is 2.39. The molecule has 2 aromatic rings. The van der Waals surface area contributed by atoms with E-state index in [1.807, 2.05) is 38.1 Å². The van der Waals surface area contributed by atoms with Crippen LogP contribution in [0.4, 0.5) is 16.2 Å². The van der Waals surface area contributed by atoms with Crippen LogP contribution in [0.3, 0.4) is 0 Å². The molecule has 3 rings (SSSR count). The number of imide groups is 1. The molecule has 0 spiro atoms. The number of thioether (sulfide) groups is 1. The lowest BCUT2D eigenvalue weighted by Crippen LogP contribution is -2.27. The number of benzene rings is 2. The molecule has 1 saturated heterocycles. The molecule has 0 unspecified atom stereocenters. The maximum Gasteiger partial charge on any atom is 0.298 e. The minimum Gasteiger partial charge on any atom is -0.399 e. The number of nitrogens with zero attached hydrogens (tertiary/aromatic N) is 1. The lowest BCUT2D eigenvalue weighted by Gasteiger charge is -2.13. The monoisotopic (exact) mass is 324 g/mol. The summed E-state index contributed by atoms with van der Waals surface area (Å²) >= 11 is 0.966. The van der Waals surface area contributed by atoms with E-state index in [1.165, 1.54) is 4.90 Å². The fourth-order valence-electron chi connectivity index (χ4n) is 2.42. The van der Waals surface area contributed by atoms with Gasteiger partial charge in [0, 0.05) is 5.69 Å². The van der Waals surface area contributed by atoms with E-state index in [-0.39, 0.29) is 11.1 Å². The van der Waals surface area contributed by atoms with E-state index in [0.29, 0.717) is 16.3 Å². The molecule has 23 heavy (non-hydrogen) atoms. The Kier molecular flexibility index (Phi) is 3.96. The van der Waals surface area contributed by atoms with Crippen LogP contribution >= 0.6 is 11.8 Å². The number of aryl methyl sites for hydroxylation is 1. The number of nitrogen functional groups attached to an aromatic ring is 1. The van der Waals surface area contributed by atoms with E-state index in [9.17, 15) is 9.59 Å². The van der Waals surface area contributed by atoms with Crippen LogP contribution in [0.1, 0.15) is 18.1 Å². The van der Waals surface area contributed by atoms with Crippen LogP contribution in [-0.2, 0) is 4.79 Å². The molecule has 2 aromatic carbocycles. The van der Waals surface area contributed by atoms with Gasteiger partial charge in [-0.3, -0.25) is 9.59 Å². The van der Waals surface area contributed by atoms with Crippen molar-refractivity contribution in [2.45, 2.75) is 13.8 Å². The van der Waals surface area contributed by atoms with Gasteiger partial charge in [-0.15, -0.1) is 0 Å². The summed E-state index contributed by atoms with van der Waals surface area (Å²) in [7, 11) is 0. The number of amides is 2. The van der Waals surface area contributed by atoms with E-state index < -0.39 is 0 Å². The second-order valence-electron chi connectivity index (χ2n) is 5.42. The fourth-order valence-corrected chi connectivity index (χ4v) is 3.32. The van der Waals surface area contributed by atoms with Crippen LogP contribution in [-0.4, -0.2) is 11.1 Å². The highest BCUT2D eigenvalue weighted by atomic mass is 32.2. The van der Waals surface area contributed by atoms with Gasteiger partial charge in [0.1, 0.15) is 0 Å². The van der Waals surface area contributed by atoms with Gasteiger partial charge in [-0.1, -0.05) is 29.8 Å². The third kappa shape index (κ3) is 2.87. The number of anilines is 2. The van der Waals surface area contributed by atoms with Crippen molar-refractivity contribution in [3.05, 3.63) is 64.6 Å². The van der Waals surface area contributed by atoms with Crippen LogP contribution in [0.25, 0.3) is 5.57 Å². The van der Waals surface area contributed by atoms with Gasteiger partial charge in [0.05, 0.1) is 10.6 Å². The van der Waals surface area contributed by atoms with Crippen LogP contribution in [0.5, 0.6) is 0 Å². The maximum atomic E-state index is 12.7. The first-order chi connectivity index (χ1) is 11.0. The summed E-state index contributed by atoms with van der Waals surface area (Å²) in [5, 5.41) is -0.280. The van der Waals surface area contributed by atoms with Gasteiger partial charge in [-0.2, -0.15) is 0 Å². The van der Waals surface area contributed by atoms with Crippen LogP contribution in [0.15, 0.2) is 53.4 Å². The SMILES string of the molecule is C/C(=C1/SC(=O)N(c2ccc(C)cc2)C1=O)c1cccc(N)c1. The Bertz CT molecular complexity index is 825. The highest BCUT2D eigenvalue weighted by molar-refractivity contribution is 8.19. The number of rotatable bonds is 2. The molecule has 0 saturated carbocycles. The van der Waals surface area contributed by atoms with Gasteiger partial charge in [0.15, 0.2) is 0 Å². The Labute approximate surface area is 139 Å². The molecule has 5 heteroatoms. The smallest absolute Gasteiger partial charge is 0.298 e. The topological polar surface area (TPSA) is 63.4 Å². The van der Waals surface area contributed by atoms with Crippen LogP contribution < -0.4 is 10.6 Å². The first kappa shape index (κ1) is 15.4.